The Labute approximate surface area is 35.6 Å². The van der Waals surface area contributed by atoms with Gasteiger partial charge in [0.1, 0.15) is 0 Å². The van der Waals surface area contributed by atoms with Crippen molar-refractivity contribution in [1.82, 2.24) is 0 Å². The molecule has 1 N–H and O–H groups in total. The van der Waals surface area contributed by atoms with Crippen LogP contribution in [-0.4, -0.2) is 13.2 Å². The molecule has 0 amide bonds. The first-order valence-electron chi connectivity index (χ1n) is 1.35. The third-order valence-corrected chi connectivity index (χ3v) is 0.207. The lowest BCUT2D eigenvalue weighted by molar-refractivity contribution is -0.436. The fraction of sp³-hybridized carbons (Fsp3) is 0. The zero-order valence-electron chi connectivity index (χ0n) is 3.18. The van der Waals surface area contributed by atoms with E-state index in [4.69, 9.17) is 0 Å². The smallest absolute Gasteiger partial charge is 0.284 e. The summed E-state index contributed by atoms with van der Waals surface area (Å²) >= 11 is 0. The lowest BCUT2D eigenvalue weighted by atomic mass is 11.2. The lowest BCUT2D eigenvalue weighted by Gasteiger charge is -1.85. The fourth-order valence-corrected chi connectivity index (χ4v) is 0.0759. The van der Waals surface area contributed by atoms with E-state index in [1.807, 2.05) is 0 Å². The van der Waals surface area contributed by atoms with Gasteiger partial charge in [0.15, 0.2) is 6.73 Å². The highest BCUT2D eigenvalue weighted by atomic mass is 16.5. The quantitative estimate of drug-likeness (QED) is 0.188. The van der Waals surface area contributed by atoms with Crippen LogP contribution in [0.25, 0.3) is 0 Å². The average molecular weight is 87.1 g/mol. The second-order valence-electron chi connectivity index (χ2n) is 0.554. The van der Waals surface area contributed by atoms with Gasteiger partial charge in [-0.3, -0.25) is 4.79 Å². The summed E-state index contributed by atoms with van der Waals surface area (Å²) in [6.45, 7) is 4.51. The molecule has 34 valence electrons. The van der Waals surface area contributed by atoms with Gasteiger partial charge in [0.2, 0.25) is 0 Å². The highest BCUT2D eigenvalue weighted by Gasteiger charge is 1.63. The molecule has 0 spiro atoms. The minimum Gasteiger partial charge on any atom is -0.473 e. The van der Waals surface area contributed by atoms with Crippen molar-refractivity contribution in [3.8, 4) is 0 Å². The number of nitrogens with one attached hydrogen (secondary N) is 1. The van der Waals surface area contributed by atoms with Gasteiger partial charge >= 0.3 is 0 Å². The van der Waals surface area contributed by atoms with E-state index in [0.29, 0.717) is 6.47 Å². The Hall–Kier alpha value is -0.990. The minimum atomic E-state index is 0.304. The van der Waals surface area contributed by atoms with Crippen molar-refractivity contribution >= 4 is 13.2 Å². The first-order chi connectivity index (χ1) is 2.91. The second-order valence-corrected chi connectivity index (χ2v) is 0.554. The van der Waals surface area contributed by atoms with Crippen LogP contribution in [0, 0.1) is 6.73 Å². The van der Waals surface area contributed by atoms with Gasteiger partial charge in [0, 0.05) is 0 Å². The van der Waals surface area contributed by atoms with E-state index in [9.17, 15) is 4.79 Å². The summed E-state index contributed by atoms with van der Waals surface area (Å²) in [5, 5.41) is 0. The number of carbonyl (C=O) groups is 1. The van der Waals surface area contributed by atoms with Crippen LogP contribution in [0.3, 0.4) is 0 Å². The van der Waals surface area contributed by atoms with E-state index >= 15 is 0 Å². The second kappa shape index (κ2) is 4.01. The first-order valence-corrected chi connectivity index (χ1v) is 1.35. The molecule has 3 nitrogen and oxygen atoms in total. The zero-order valence-corrected chi connectivity index (χ0v) is 3.18. The molecule has 0 bridgehead atoms. The van der Waals surface area contributed by atoms with Crippen molar-refractivity contribution in [1.29, 1.82) is 0 Å². The van der Waals surface area contributed by atoms with E-state index in [1.165, 1.54) is 0 Å². The van der Waals surface area contributed by atoms with E-state index in [0.717, 1.165) is 6.73 Å². The molecule has 0 unspecified atom stereocenters. The molecular weight excluding hydrogens is 82.0 g/mol. The number of hydrogen-bond acceptors (Lipinski definition) is 2. The molecule has 3 heteroatoms. The maximum absolute atomic E-state index is 9.24. The van der Waals surface area contributed by atoms with Crippen molar-refractivity contribution in [3.63, 3.8) is 0 Å². The molecule has 0 fully saturated rings. The van der Waals surface area contributed by atoms with E-state index in [-0.39, 0.29) is 0 Å². The number of hydrogen-bond donors (Lipinski definition) is 1. The summed E-state index contributed by atoms with van der Waals surface area (Å²) in [7, 11) is 0. The van der Waals surface area contributed by atoms with Crippen molar-refractivity contribution in [2.45, 2.75) is 0 Å². The summed E-state index contributed by atoms with van der Waals surface area (Å²) in [4.78, 5) is 11.5. The number of ether oxygens (including phenoxy) is 1. The fourth-order valence-electron chi connectivity index (χ4n) is 0.0759. The molecule has 0 heterocycles. The van der Waals surface area contributed by atoms with Crippen molar-refractivity contribution in [2.24, 2.45) is 0 Å². The van der Waals surface area contributed by atoms with Crippen molar-refractivity contribution in [3.05, 3.63) is 6.73 Å². The Bertz CT molecular complexity index is 44.8. The van der Waals surface area contributed by atoms with Gasteiger partial charge in [0.05, 0.1) is 0 Å². The van der Waals surface area contributed by atoms with Gasteiger partial charge in [-0.1, -0.05) is 0 Å². The monoisotopic (exact) mass is 87.0 g/mol. The molecule has 0 aromatic rings. The molecule has 6 heavy (non-hydrogen) atoms. The molecule has 0 aliphatic carbocycles. The standard InChI is InChI=1S/C3H5NO2/c1-4-2-6-3-5/h2-4H,1H2. The van der Waals surface area contributed by atoms with Crippen LogP contribution >= 0.6 is 0 Å². The van der Waals surface area contributed by atoms with E-state index in [1.54, 1.807) is 0 Å². The molecule has 0 aliphatic rings. The van der Waals surface area contributed by atoms with E-state index < -0.39 is 0 Å². The molecule has 0 rings (SSSR count). The van der Waals surface area contributed by atoms with Crippen molar-refractivity contribution < 1.29 is 14.5 Å². The van der Waals surface area contributed by atoms with Crippen LogP contribution in [0.15, 0.2) is 0 Å². The van der Waals surface area contributed by atoms with Crippen LogP contribution in [-0.2, 0) is 9.53 Å². The topological polar surface area (TPSA) is 40.3 Å². The van der Waals surface area contributed by atoms with Gasteiger partial charge in [0.25, 0.3) is 6.47 Å². The Morgan fingerprint density at radius 3 is 2.83 bits per heavy atom. The highest BCUT2D eigenvalue weighted by Crippen LogP contribution is 1.51. The Balaban J connectivity index is 2.66. The van der Waals surface area contributed by atoms with Crippen LogP contribution in [0.5, 0.6) is 0 Å². The predicted octanol–water partition coefficient (Wildman–Crippen LogP) is -1.94. The van der Waals surface area contributed by atoms with Crippen LogP contribution < -0.4 is 4.99 Å². The molecule has 0 atom stereocenters. The molecule has 0 radical (unpaired) electrons. The van der Waals surface area contributed by atoms with E-state index in [2.05, 4.69) is 16.4 Å². The van der Waals surface area contributed by atoms with Crippen LogP contribution in [0.1, 0.15) is 0 Å². The molecule has 0 aliphatic heterocycles. The Morgan fingerprint density at radius 1 is 2.00 bits per heavy atom. The number of carbonyl (C=O) groups excluding carboxylic acids is 1. The van der Waals surface area contributed by atoms with Crippen LogP contribution in [0.2, 0.25) is 0 Å². The Morgan fingerprint density at radius 2 is 2.67 bits per heavy atom. The van der Waals surface area contributed by atoms with Crippen molar-refractivity contribution in [2.75, 3.05) is 0 Å². The normalized spacial score (nSPS) is 6.00. The lowest BCUT2D eigenvalue weighted by Crippen LogP contribution is -2.61. The molecule has 0 saturated carbocycles. The molecular formula is C3H5NO2. The SMILES string of the molecule is C=[NH+][CH-]OC=O. The zero-order chi connectivity index (χ0) is 4.83. The van der Waals surface area contributed by atoms with Gasteiger partial charge < -0.3 is 9.73 Å². The molecule has 0 saturated heterocycles. The summed E-state index contributed by atoms with van der Waals surface area (Å²) in [6.07, 6.45) is 0. The van der Waals surface area contributed by atoms with Gasteiger partial charge in [-0.05, 0) is 6.72 Å². The minimum absolute atomic E-state index is 0.304. The maximum atomic E-state index is 9.24. The van der Waals surface area contributed by atoms with Gasteiger partial charge in [-0.15, -0.1) is 0 Å². The average Bonchev–Trinajstić information content (AvgIpc) is 1.61. The Kier molecular flexibility index (Phi) is 3.35. The summed E-state index contributed by atoms with van der Waals surface area (Å²) in [6, 6.07) is 0. The maximum Gasteiger partial charge on any atom is 0.284 e. The third-order valence-electron chi connectivity index (χ3n) is 0.207. The summed E-state index contributed by atoms with van der Waals surface area (Å²) < 4.78 is 4.00. The summed E-state index contributed by atoms with van der Waals surface area (Å²) in [5.74, 6) is 0. The molecule has 0 aromatic carbocycles. The first kappa shape index (κ1) is 5.01. The summed E-state index contributed by atoms with van der Waals surface area (Å²) in [5.41, 5.74) is 0. The van der Waals surface area contributed by atoms with Gasteiger partial charge in [-0.25, -0.2) is 0 Å². The highest BCUT2D eigenvalue weighted by molar-refractivity contribution is 5.37. The van der Waals surface area contributed by atoms with Crippen LogP contribution in [0.4, 0.5) is 0 Å². The largest absolute Gasteiger partial charge is 0.473 e. The third kappa shape index (κ3) is 3.01. The number of rotatable bonds is 3. The predicted molar refractivity (Wildman–Crippen MR) is 19.5 cm³/mol. The van der Waals surface area contributed by atoms with Gasteiger partial charge in [-0.2, -0.15) is 0 Å². The molecule has 0 aromatic heterocycles.